The highest BCUT2D eigenvalue weighted by molar-refractivity contribution is 7.90. The Morgan fingerprint density at radius 1 is 1.43 bits per heavy atom. The molecule has 1 aromatic rings. The topological polar surface area (TPSA) is 80.4 Å². The summed E-state index contributed by atoms with van der Waals surface area (Å²) in [4.78, 5) is -0.00884. The molecule has 0 atom stereocenters. The van der Waals surface area contributed by atoms with Gasteiger partial charge in [-0.2, -0.15) is 0 Å². The van der Waals surface area contributed by atoms with Crippen molar-refractivity contribution in [2.45, 2.75) is 11.3 Å². The molecule has 0 saturated carbocycles. The van der Waals surface area contributed by atoms with Gasteiger partial charge in [-0.15, -0.1) is 0 Å². The predicted octanol–water partition coefficient (Wildman–Crippen LogP) is 0.297. The Morgan fingerprint density at radius 2 is 2.07 bits per heavy atom. The Kier molecular flexibility index (Phi) is 3.13. The molecule has 4 nitrogen and oxygen atoms in total. The summed E-state index contributed by atoms with van der Waals surface area (Å²) >= 11 is 0. The normalized spacial score (nSPS) is 11.6. The zero-order valence-corrected chi connectivity index (χ0v) is 8.71. The molecular weight excluding hydrogens is 202 g/mol. The number of aromatic hydroxyl groups is 1. The van der Waals surface area contributed by atoms with Crippen molar-refractivity contribution in [3.05, 3.63) is 23.8 Å². The number of phenolic OH excluding ortho intramolecular Hbond substituents is 1. The molecule has 1 rings (SSSR count). The minimum Gasteiger partial charge on any atom is -0.507 e. The average Bonchev–Trinajstić information content (AvgIpc) is 2.02. The lowest BCUT2D eigenvalue weighted by Gasteiger charge is -2.08. The Morgan fingerprint density at radius 3 is 2.57 bits per heavy atom. The average molecular weight is 215 g/mol. The highest BCUT2D eigenvalue weighted by Gasteiger charge is 2.17. The summed E-state index contributed by atoms with van der Waals surface area (Å²) in [5.41, 5.74) is 5.91. The number of nitrogens with two attached hydrogens (primary N) is 1. The van der Waals surface area contributed by atoms with E-state index in [9.17, 15) is 13.5 Å². The van der Waals surface area contributed by atoms with Crippen LogP contribution in [-0.2, 0) is 16.3 Å². The highest BCUT2D eigenvalue weighted by Crippen LogP contribution is 2.26. The Labute approximate surface area is 83.3 Å². The zero-order chi connectivity index (χ0) is 10.8. The third-order valence-corrected chi connectivity index (χ3v) is 3.07. The molecule has 0 spiro atoms. The van der Waals surface area contributed by atoms with Crippen LogP contribution in [0.25, 0.3) is 0 Å². The molecule has 0 fully saturated rings. The molecule has 3 N–H and O–H groups in total. The number of hydrogen-bond acceptors (Lipinski definition) is 4. The van der Waals surface area contributed by atoms with Gasteiger partial charge in [0.25, 0.3) is 0 Å². The van der Waals surface area contributed by atoms with Crippen molar-refractivity contribution in [3.8, 4) is 5.75 Å². The number of hydrogen-bond donors (Lipinski definition) is 2. The van der Waals surface area contributed by atoms with Crippen LogP contribution in [0.5, 0.6) is 5.75 Å². The molecule has 0 aromatic heterocycles. The molecule has 0 aliphatic heterocycles. The van der Waals surface area contributed by atoms with E-state index in [1.165, 1.54) is 6.07 Å². The van der Waals surface area contributed by atoms with Gasteiger partial charge in [-0.3, -0.25) is 0 Å². The first kappa shape index (κ1) is 11.0. The predicted molar refractivity (Wildman–Crippen MR) is 54.0 cm³/mol. The third kappa shape index (κ3) is 2.24. The van der Waals surface area contributed by atoms with Crippen molar-refractivity contribution in [2.75, 3.05) is 12.8 Å². The summed E-state index contributed by atoms with van der Waals surface area (Å²) in [6.45, 7) is 0.353. The van der Waals surface area contributed by atoms with Crippen LogP contribution in [0.1, 0.15) is 5.56 Å². The molecule has 78 valence electrons. The largest absolute Gasteiger partial charge is 0.507 e. The van der Waals surface area contributed by atoms with Gasteiger partial charge >= 0.3 is 0 Å². The van der Waals surface area contributed by atoms with Gasteiger partial charge in [0.05, 0.1) is 0 Å². The molecule has 14 heavy (non-hydrogen) atoms. The van der Waals surface area contributed by atoms with E-state index in [-0.39, 0.29) is 10.6 Å². The SMILES string of the molecule is CS(=O)(=O)c1c(O)cccc1CCN. The maximum Gasteiger partial charge on any atom is 0.179 e. The fourth-order valence-corrected chi connectivity index (χ4v) is 2.45. The maximum absolute atomic E-state index is 11.3. The Balaban J connectivity index is 3.37. The molecule has 5 heteroatoms. The molecule has 0 aliphatic rings. The molecular formula is C9H13NO3S. The Hall–Kier alpha value is -1.07. The number of benzene rings is 1. The van der Waals surface area contributed by atoms with E-state index in [1.807, 2.05) is 0 Å². The fraction of sp³-hybridized carbons (Fsp3) is 0.333. The monoisotopic (exact) mass is 215 g/mol. The third-order valence-electron chi connectivity index (χ3n) is 1.86. The summed E-state index contributed by atoms with van der Waals surface area (Å²) in [6.07, 6.45) is 1.51. The number of rotatable bonds is 3. The quantitative estimate of drug-likeness (QED) is 0.759. The van der Waals surface area contributed by atoms with Crippen LogP contribution in [0.4, 0.5) is 0 Å². The van der Waals surface area contributed by atoms with Crippen molar-refractivity contribution < 1.29 is 13.5 Å². The van der Waals surface area contributed by atoms with E-state index in [1.54, 1.807) is 12.1 Å². The smallest absolute Gasteiger partial charge is 0.179 e. The van der Waals surface area contributed by atoms with Crippen molar-refractivity contribution in [3.63, 3.8) is 0 Å². The molecule has 0 heterocycles. The number of phenols is 1. The van der Waals surface area contributed by atoms with Gasteiger partial charge in [0.1, 0.15) is 10.6 Å². The summed E-state index contributed by atoms with van der Waals surface area (Å²) in [7, 11) is -3.39. The first-order chi connectivity index (χ1) is 6.46. The molecule has 0 unspecified atom stereocenters. The van der Waals surface area contributed by atoms with E-state index in [4.69, 9.17) is 5.73 Å². The van der Waals surface area contributed by atoms with E-state index >= 15 is 0 Å². The lowest BCUT2D eigenvalue weighted by Crippen LogP contribution is -2.08. The highest BCUT2D eigenvalue weighted by atomic mass is 32.2. The van der Waals surface area contributed by atoms with Crippen molar-refractivity contribution in [1.29, 1.82) is 0 Å². The first-order valence-electron chi connectivity index (χ1n) is 4.18. The first-order valence-corrected chi connectivity index (χ1v) is 6.07. The lowest BCUT2D eigenvalue weighted by molar-refractivity contribution is 0.457. The molecule has 0 amide bonds. The van der Waals surface area contributed by atoms with Crippen LogP contribution < -0.4 is 5.73 Å². The summed E-state index contributed by atoms with van der Waals surface area (Å²) in [5.74, 6) is -0.210. The van der Waals surface area contributed by atoms with Crippen LogP contribution in [-0.4, -0.2) is 26.3 Å². The van der Waals surface area contributed by atoms with Crippen LogP contribution in [0, 0.1) is 0 Å². The molecule has 0 radical (unpaired) electrons. The summed E-state index contributed by atoms with van der Waals surface area (Å²) in [5, 5.41) is 9.43. The van der Waals surface area contributed by atoms with Crippen molar-refractivity contribution in [2.24, 2.45) is 5.73 Å². The van der Waals surface area contributed by atoms with Crippen LogP contribution >= 0.6 is 0 Å². The van der Waals surface area contributed by atoms with E-state index in [2.05, 4.69) is 0 Å². The van der Waals surface area contributed by atoms with Gasteiger partial charge in [-0.25, -0.2) is 8.42 Å². The van der Waals surface area contributed by atoms with Crippen molar-refractivity contribution >= 4 is 9.84 Å². The molecule has 0 bridgehead atoms. The lowest BCUT2D eigenvalue weighted by atomic mass is 10.1. The van der Waals surface area contributed by atoms with Gasteiger partial charge in [0, 0.05) is 6.26 Å². The maximum atomic E-state index is 11.3. The van der Waals surface area contributed by atoms with E-state index in [0.717, 1.165) is 6.26 Å². The van der Waals surface area contributed by atoms with Crippen LogP contribution in [0.3, 0.4) is 0 Å². The van der Waals surface area contributed by atoms with Gasteiger partial charge in [-0.1, -0.05) is 12.1 Å². The van der Waals surface area contributed by atoms with Crippen molar-refractivity contribution in [1.82, 2.24) is 0 Å². The summed E-state index contributed by atoms with van der Waals surface area (Å²) < 4.78 is 22.7. The van der Waals surface area contributed by atoms with Gasteiger partial charge in [0.15, 0.2) is 9.84 Å². The molecule has 0 saturated heterocycles. The summed E-state index contributed by atoms with van der Waals surface area (Å²) in [6, 6.07) is 4.62. The number of sulfone groups is 1. The minimum absolute atomic E-state index is 0.00884. The van der Waals surface area contributed by atoms with Crippen LogP contribution in [0.2, 0.25) is 0 Å². The second kappa shape index (κ2) is 3.98. The minimum atomic E-state index is -3.39. The van der Waals surface area contributed by atoms with Crippen LogP contribution in [0.15, 0.2) is 23.1 Å². The second-order valence-corrected chi connectivity index (χ2v) is 5.03. The van der Waals surface area contributed by atoms with E-state index < -0.39 is 9.84 Å². The Bertz CT molecular complexity index is 426. The second-order valence-electron chi connectivity index (χ2n) is 3.08. The van der Waals surface area contributed by atoms with Gasteiger partial charge in [0.2, 0.25) is 0 Å². The standard InChI is InChI=1S/C9H13NO3S/c1-14(12,13)9-7(5-6-10)3-2-4-8(9)11/h2-4,11H,5-6,10H2,1H3. The van der Waals surface area contributed by atoms with Gasteiger partial charge in [-0.05, 0) is 24.6 Å². The molecule has 0 aliphatic carbocycles. The van der Waals surface area contributed by atoms with E-state index in [0.29, 0.717) is 18.5 Å². The van der Waals surface area contributed by atoms with Gasteiger partial charge < -0.3 is 10.8 Å². The fourth-order valence-electron chi connectivity index (χ4n) is 1.35. The zero-order valence-electron chi connectivity index (χ0n) is 7.90. The molecule has 1 aromatic carbocycles.